The fourth-order valence-electron chi connectivity index (χ4n) is 2.52. The molecule has 0 amide bonds. The minimum atomic E-state index is -3.32. The second-order valence-electron chi connectivity index (χ2n) is 5.95. The van der Waals surface area contributed by atoms with Crippen LogP contribution in [-0.2, 0) is 31.4 Å². The summed E-state index contributed by atoms with van der Waals surface area (Å²) in [6.45, 7) is 9.63. The van der Waals surface area contributed by atoms with Crippen molar-refractivity contribution in [3.8, 4) is 0 Å². The van der Waals surface area contributed by atoms with Crippen LogP contribution in [0.15, 0.2) is 0 Å². The molecule has 0 radical (unpaired) electrons. The van der Waals surface area contributed by atoms with Crippen LogP contribution in [-0.4, -0.2) is 26.4 Å². The Morgan fingerprint density at radius 2 is 1.74 bits per heavy atom. The van der Waals surface area contributed by atoms with E-state index in [0.717, 1.165) is 39.3 Å². The zero-order valence-electron chi connectivity index (χ0n) is 12.6. The van der Waals surface area contributed by atoms with Gasteiger partial charge >= 0.3 is 122 Å². The van der Waals surface area contributed by atoms with Crippen LogP contribution in [0, 0.1) is 11.3 Å². The fraction of sp³-hybridized carbons (Fsp3) is 1.00. The van der Waals surface area contributed by atoms with E-state index < -0.39 is 18.1 Å². The van der Waals surface area contributed by atoms with Crippen LogP contribution in [0.5, 0.6) is 0 Å². The number of fused-ring (bicyclic) bond motifs is 3. The van der Waals surface area contributed by atoms with Crippen molar-refractivity contribution in [2.75, 3.05) is 26.4 Å². The summed E-state index contributed by atoms with van der Waals surface area (Å²) < 4.78 is 23.7. The minimum absolute atomic E-state index is 0.0860. The van der Waals surface area contributed by atoms with Crippen molar-refractivity contribution in [2.45, 2.75) is 52.9 Å². The molecule has 3 aliphatic rings. The summed E-state index contributed by atoms with van der Waals surface area (Å²) in [4.78, 5) is 0. The standard InChI is InChI=1S/C8H17O.C6H11O3.Ti/c1-3-5-6-8(4-2)7-9;1-2-6(3-7,4-8)5-9;/h8H,3-7H2,1-2H3;2-5H2,1H3;/q-1;-3;+4. The van der Waals surface area contributed by atoms with E-state index in [1.807, 2.05) is 0 Å². The first-order valence-electron chi connectivity index (χ1n) is 7.73. The maximum absolute atomic E-state index is 6.02. The predicted octanol–water partition coefficient (Wildman–Crippen LogP) is 3.51. The Kier molecular flexibility index (Phi) is 5.88. The quantitative estimate of drug-likeness (QED) is 0.643. The van der Waals surface area contributed by atoms with Crippen molar-refractivity contribution in [1.82, 2.24) is 0 Å². The van der Waals surface area contributed by atoms with Crippen LogP contribution in [0.2, 0.25) is 0 Å². The van der Waals surface area contributed by atoms with E-state index in [1.54, 1.807) is 0 Å². The van der Waals surface area contributed by atoms with Crippen molar-refractivity contribution in [1.29, 1.82) is 0 Å². The van der Waals surface area contributed by atoms with Crippen molar-refractivity contribution >= 4 is 0 Å². The molecule has 0 aliphatic carbocycles. The van der Waals surface area contributed by atoms with E-state index in [2.05, 4.69) is 20.8 Å². The second kappa shape index (κ2) is 7.01. The number of hydrogen-bond acceptors (Lipinski definition) is 4. The molecule has 19 heavy (non-hydrogen) atoms. The molecule has 1 unspecified atom stereocenters. The van der Waals surface area contributed by atoms with Crippen molar-refractivity contribution in [3.05, 3.63) is 0 Å². The van der Waals surface area contributed by atoms with Gasteiger partial charge in [0, 0.05) is 0 Å². The maximum atomic E-state index is 6.02. The Labute approximate surface area is 122 Å². The SMILES string of the molecule is CCCCC(CC)C[O][Ti]12[O]CC(CC)(C[O]1)C[O]2. The summed E-state index contributed by atoms with van der Waals surface area (Å²) in [5.74, 6) is 0.607. The molecule has 112 valence electrons. The third-order valence-corrected chi connectivity index (χ3v) is 7.60. The van der Waals surface area contributed by atoms with Gasteiger partial charge in [0.1, 0.15) is 0 Å². The van der Waals surface area contributed by atoms with E-state index >= 15 is 0 Å². The van der Waals surface area contributed by atoms with Gasteiger partial charge in [0.15, 0.2) is 0 Å². The molecule has 0 aromatic heterocycles. The van der Waals surface area contributed by atoms with Crippen LogP contribution in [0.4, 0.5) is 0 Å². The first-order valence-corrected chi connectivity index (χ1v) is 10.3. The first-order chi connectivity index (χ1) is 9.17. The molecule has 0 saturated carbocycles. The van der Waals surface area contributed by atoms with Crippen LogP contribution in [0.25, 0.3) is 0 Å². The topological polar surface area (TPSA) is 36.9 Å². The first kappa shape index (κ1) is 15.9. The van der Waals surface area contributed by atoms with Crippen molar-refractivity contribution < 1.29 is 31.4 Å². The molecular formula is C14H28O4Ti. The van der Waals surface area contributed by atoms with Crippen LogP contribution in [0.3, 0.4) is 0 Å². The summed E-state index contributed by atoms with van der Waals surface area (Å²) in [7, 11) is 0. The third-order valence-electron chi connectivity index (χ3n) is 4.45. The van der Waals surface area contributed by atoms with Gasteiger partial charge in [0.2, 0.25) is 0 Å². The molecule has 4 nitrogen and oxygen atoms in total. The van der Waals surface area contributed by atoms with E-state index in [-0.39, 0.29) is 5.41 Å². The molecule has 0 aromatic carbocycles. The Morgan fingerprint density at radius 3 is 2.21 bits per heavy atom. The molecule has 0 aromatic rings. The van der Waals surface area contributed by atoms with Crippen LogP contribution < -0.4 is 0 Å². The fourth-order valence-corrected chi connectivity index (χ4v) is 6.25. The van der Waals surface area contributed by atoms with E-state index in [9.17, 15) is 0 Å². The molecule has 3 heterocycles. The normalized spacial score (nSPS) is 35.5. The van der Waals surface area contributed by atoms with Crippen LogP contribution >= 0.6 is 0 Å². The third kappa shape index (κ3) is 3.81. The Morgan fingerprint density at radius 1 is 1.11 bits per heavy atom. The molecule has 0 N–H and O–H groups in total. The van der Waals surface area contributed by atoms with E-state index in [1.165, 1.54) is 19.3 Å². The summed E-state index contributed by atoms with van der Waals surface area (Å²) in [6, 6.07) is 0. The average molecular weight is 308 g/mol. The molecule has 3 fully saturated rings. The van der Waals surface area contributed by atoms with E-state index in [0.29, 0.717) is 5.92 Å². The van der Waals surface area contributed by atoms with Gasteiger partial charge in [0.25, 0.3) is 0 Å². The summed E-state index contributed by atoms with van der Waals surface area (Å²) in [6.07, 6.45) is 5.93. The summed E-state index contributed by atoms with van der Waals surface area (Å²) >= 11 is -3.32. The Balaban J connectivity index is 1.80. The zero-order valence-corrected chi connectivity index (χ0v) is 14.1. The van der Waals surface area contributed by atoms with Gasteiger partial charge in [-0.3, -0.25) is 0 Å². The molecule has 5 heteroatoms. The molecule has 0 spiro atoms. The number of rotatable bonds is 8. The monoisotopic (exact) mass is 308 g/mol. The number of unbranched alkanes of at least 4 members (excludes halogenated alkanes) is 1. The molecule has 3 saturated heterocycles. The van der Waals surface area contributed by atoms with Gasteiger partial charge in [-0.05, 0) is 0 Å². The summed E-state index contributed by atoms with van der Waals surface area (Å²) in [5.41, 5.74) is 0.0860. The Bertz CT molecular complexity index is 260. The van der Waals surface area contributed by atoms with Gasteiger partial charge < -0.3 is 0 Å². The summed E-state index contributed by atoms with van der Waals surface area (Å²) in [5, 5.41) is 0. The molecule has 1 atom stereocenters. The molecule has 2 bridgehead atoms. The van der Waals surface area contributed by atoms with Gasteiger partial charge in [-0.15, -0.1) is 0 Å². The van der Waals surface area contributed by atoms with Gasteiger partial charge in [-0.25, -0.2) is 0 Å². The van der Waals surface area contributed by atoms with Crippen molar-refractivity contribution in [2.24, 2.45) is 11.3 Å². The molecule has 3 aliphatic heterocycles. The van der Waals surface area contributed by atoms with E-state index in [4.69, 9.17) is 13.3 Å². The van der Waals surface area contributed by atoms with Gasteiger partial charge in [0.05, 0.1) is 0 Å². The van der Waals surface area contributed by atoms with Gasteiger partial charge in [-0.1, -0.05) is 0 Å². The Hall–Kier alpha value is 0.554. The second-order valence-corrected chi connectivity index (χ2v) is 9.31. The number of hydrogen-bond donors (Lipinski definition) is 0. The molecular weight excluding hydrogens is 280 g/mol. The van der Waals surface area contributed by atoms with Crippen LogP contribution in [0.1, 0.15) is 52.9 Å². The van der Waals surface area contributed by atoms with Crippen molar-refractivity contribution in [3.63, 3.8) is 0 Å². The van der Waals surface area contributed by atoms with Gasteiger partial charge in [-0.2, -0.15) is 0 Å². The zero-order chi connectivity index (χ0) is 13.8. The molecule has 3 rings (SSSR count). The predicted molar refractivity (Wildman–Crippen MR) is 69.8 cm³/mol. The average Bonchev–Trinajstić information content (AvgIpc) is 2.49.